The highest BCUT2D eigenvalue weighted by Crippen LogP contribution is 2.21. The number of nitrogens with zero attached hydrogens (tertiary/aromatic N) is 1. The fraction of sp³-hybridized carbons (Fsp3) is 0.355. The van der Waals surface area contributed by atoms with Crippen molar-refractivity contribution in [1.82, 2.24) is 10.2 Å². The normalized spacial score (nSPS) is 14.4. The molecule has 36 heavy (non-hydrogen) atoms. The summed E-state index contributed by atoms with van der Waals surface area (Å²) in [6.07, 6.45) is 4.83. The van der Waals surface area contributed by atoms with Crippen LogP contribution in [0.4, 0.5) is 0 Å². The molecule has 1 aliphatic carbocycles. The molecule has 1 atom stereocenters. The summed E-state index contributed by atoms with van der Waals surface area (Å²) in [7, 11) is 0. The lowest BCUT2D eigenvalue weighted by molar-refractivity contribution is -0.139. The Labute approximate surface area is 219 Å². The second-order valence-corrected chi connectivity index (χ2v) is 10.7. The van der Waals surface area contributed by atoms with Crippen molar-refractivity contribution in [2.75, 3.05) is 5.75 Å². The number of carbonyl (C=O) groups excluding carboxylic acids is 2. The lowest BCUT2D eigenvalue weighted by atomic mass is 10.0. The highest BCUT2D eigenvalue weighted by atomic mass is 32.2. The first kappa shape index (κ1) is 26.0. The number of benzene rings is 3. The molecule has 0 heterocycles. The Kier molecular flexibility index (Phi) is 9.62. The molecule has 0 radical (unpaired) electrons. The summed E-state index contributed by atoms with van der Waals surface area (Å²) in [6.45, 7) is 2.49. The molecule has 4 rings (SSSR count). The maximum absolute atomic E-state index is 13.7. The molecule has 3 aromatic carbocycles. The Bertz CT molecular complexity index is 1100. The van der Waals surface area contributed by atoms with E-state index in [2.05, 4.69) is 36.5 Å². The van der Waals surface area contributed by atoms with Gasteiger partial charge < -0.3 is 10.2 Å². The van der Waals surface area contributed by atoms with Gasteiger partial charge in [-0.05, 0) is 36.5 Å². The minimum absolute atomic E-state index is 0.00142. The van der Waals surface area contributed by atoms with E-state index in [0.29, 0.717) is 18.7 Å². The summed E-state index contributed by atoms with van der Waals surface area (Å²) in [4.78, 5) is 29.1. The molecule has 0 spiro atoms. The predicted octanol–water partition coefficient (Wildman–Crippen LogP) is 5.93. The van der Waals surface area contributed by atoms with Gasteiger partial charge in [-0.1, -0.05) is 103 Å². The van der Waals surface area contributed by atoms with Crippen LogP contribution in [0.25, 0.3) is 0 Å². The molecule has 0 unspecified atom stereocenters. The van der Waals surface area contributed by atoms with Crippen molar-refractivity contribution < 1.29 is 9.59 Å². The molecular formula is C31H36N2O2S. The first-order chi connectivity index (χ1) is 17.6. The number of nitrogens with one attached hydrogen (secondary N) is 1. The molecule has 5 heteroatoms. The van der Waals surface area contributed by atoms with Gasteiger partial charge in [0.1, 0.15) is 6.04 Å². The summed E-state index contributed by atoms with van der Waals surface area (Å²) >= 11 is 1.60. The van der Waals surface area contributed by atoms with Gasteiger partial charge in [0.15, 0.2) is 0 Å². The fourth-order valence-electron chi connectivity index (χ4n) is 4.73. The minimum atomic E-state index is -0.555. The van der Waals surface area contributed by atoms with Crippen LogP contribution in [0.2, 0.25) is 0 Å². The summed E-state index contributed by atoms with van der Waals surface area (Å²) in [5, 5.41) is 3.27. The largest absolute Gasteiger partial charge is 0.352 e. The maximum atomic E-state index is 13.7. The van der Waals surface area contributed by atoms with Gasteiger partial charge in [-0.25, -0.2) is 0 Å². The van der Waals surface area contributed by atoms with E-state index in [9.17, 15) is 9.59 Å². The van der Waals surface area contributed by atoms with Crippen LogP contribution in [-0.2, 0) is 28.3 Å². The van der Waals surface area contributed by atoms with Crippen LogP contribution in [-0.4, -0.2) is 34.6 Å². The van der Waals surface area contributed by atoms with Crippen LogP contribution in [0, 0.1) is 6.92 Å². The van der Waals surface area contributed by atoms with E-state index in [4.69, 9.17) is 0 Å². The van der Waals surface area contributed by atoms with E-state index in [0.717, 1.165) is 42.6 Å². The zero-order valence-corrected chi connectivity index (χ0v) is 21.9. The molecule has 1 N–H and O–H groups in total. The predicted molar refractivity (Wildman–Crippen MR) is 149 cm³/mol. The number of hydrogen-bond acceptors (Lipinski definition) is 3. The van der Waals surface area contributed by atoms with Gasteiger partial charge in [0.25, 0.3) is 0 Å². The third kappa shape index (κ3) is 7.72. The van der Waals surface area contributed by atoms with Crippen molar-refractivity contribution in [2.45, 2.75) is 63.4 Å². The van der Waals surface area contributed by atoms with E-state index < -0.39 is 6.04 Å². The van der Waals surface area contributed by atoms with Gasteiger partial charge in [0.05, 0.1) is 5.75 Å². The summed E-state index contributed by atoms with van der Waals surface area (Å²) in [6, 6.07) is 28.1. The zero-order valence-electron chi connectivity index (χ0n) is 21.1. The van der Waals surface area contributed by atoms with Crippen LogP contribution in [0.3, 0.4) is 0 Å². The molecule has 4 nitrogen and oxygen atoms in total. The van der Waals surface area contributed by atoms with Crippen LogP contribution in [0.15, 0.2) is 84.9 Å². The molecule has 3 aromatic rings. The maximum Gasteiger partial charge on any atom is 0.243 e. The van der Waals surface area contributed by atoms with Gasteiger partial charge in [-0.2, -0.15) is 0 Å². The summed E-state index contributed by atoms with van der Waals surface area (Å²) in [5.74, 6) is 1.06. The van der Waals surface area contributed by atoms with E-state index >= 15 is 0 Å². The Morgan fingerprint density at radius 1 is 0.861 bits per heavy atom. The first-order valence-electron chi connectivity index (χ1n) is 12.9. The van der Waals surface area contributed by atoms with Crippen LogP contribution >= 0.6 is 11.8 Å². The zero-order chi connectivity index (χ0) is 25.2. The minimum Gasteiger partial charge on any atom is -0.352 e. The van der Waals surface area contributed by atoms with Gasteiger partial charge in [0.2, 0.25) is 11.8 Å². The average Bonchev–Trinajstić information content (AvgIpc) is 3.41. The Morgan fingerprint density at radius 2 is 1.47 bits per heavy atom. The van der Waals surface area contributed by atoms with Crippen molar-refractivity contribution in [3.63, 3.8) is 0 Å². The lowest BCUT2D eigenvalue weighted by Crippen LogP contribution is -2.52. The second-order valence-electron chi connectivity index (χ2n) is 9.68. The molecule has 1 fully saturated rings. The Balaban J connectivity index is 1.53. The molecule has 1 saturated carbocycles. The smallest absolute Gasteiger partial charge is 0.243 e. The molecule has 1 aliphatic rings. The van der Waals surface area contributed by atoms with E-state index in [1.807, 2.05) is 60.7 Å². The highest BCUT2D eigenvalue weighted by Gasteiger charge is 2.32. The third-order valence-electron chi connectivity index (χ3n) is 6.78. The molecule has 0 bridgehead atoms. The SMILES string of the molecule is Cc1ccc(CSCC(=O)N(Cc2ccccc2)[C@@H](Cc2ccccc2)C(=O)NC2CCCC2)cc1. The van der Waals surface area contributed by atoms with Crippen molar-refractivity contribution in [3.05, 3.63) is 107 Å². The lowest BCUT2D eigenvalue weighted by Gasteiger charge is -2.32. The monoisotopic (exact) mass is 500 g/mol. The molecular weight excluding hydrogens is 464 g/mol. The van der Waals surface area contributed by atoms with Crippen LogP contribution in [0.1, 0.15) is 47.9 Å². The highest BCUT2D eigenvalue weighted by molar-refractivity contribution is 7.99. The van der Waals surface area contributed by atoms with E-state index in [1.165, 1.54) is 11.1 Å². The Morgan fingerprint density at radius 3 is 2.11 bits per heavy atom. The number of thioether (sulfide) groups is 1. The van der Waals surface area contributed by atoms with Crippen LogP contribution in [0.5, 0.6) is 0 Å². The number of rotatable bonds is 11. The number of aryl methyl sites for hydroxylation is 1. The van der Waals surface area contributed by atoms with Gasteiger partial charge in [-0.15, -0.1) is 11.8 Å². The third-order valence-corrected chi connectivity index (χ3v) is 7.77. The molecule has 0 saturated heterocycles. The number of carbonyl (C=O) groups is 2. The topological polar surface area (TPSA) is 49.4 Å². The summed E-state index contributed by atoms with van der Waals surface area (Å²) in [5.41, 5.74) is 4.52. The molecule has 188 valence electrons. The molecule has 0 aromatic heterocycles. The molecule has 0 aliphatic heterocycles. The quantitative estimate of drug-likeness (QED) is 0.355. The van der Waals surface area contributed by atoms with Crippen molar-refractivity contribution in [2.24, 2.45) is 0 Å². The van der Waals surface area contributed by atoms with Crippen molar-refractivity contribution >= 4 is 23.6 Å². The fourth-order valence-corrected chi connectivity index (χ4v) is 5.60. The first-order valence-corrected chi connectivity index (χ1v) is 14.0. The Hall–Kier alpha value is -3.05. The van der Waals surface area contributed by atoms with Crippen molar-refractivity contribution in [1.29, 1.82) is 0 Å². The van der Waals surface area contributed by atoms with Gasteiger partial charge >= 0.3 is 0 Å². The number of hydrogen-bond donors (Lipinski definition) is 1. The molecule has 2 amide bonds. The van der Waals surface area contributed by atoms with Crippen molar-refractivity contribution in [3.8, 4) is 0 Å². The standard InChI is InChI=1S/C31H36N2O2S/c1-24-16-18-27(19-17-24)22-36-23-30(34)33(21-26-12-6-3-7-13-26)29(20-25-10-4-2-5-11-25)31(35)32-28-14-8-9-15-28/h2-7,10-13,16-19,28-29H,8-9,14-15,20-23H2,1H3,(H,32,35)/t29-/m0/s1. The average molecular weight is 501 g/mol. The van der Waals surface area contributed by atoms with Crippen LogP contribution < -0.4 is 5.32 Å². The van der Waals surface area contributed by atoms with E-state index in [-0.39, 0.29) is 17.9 Å². The van der Waals surface area contributed by atoms with Gasteiger partial charge in [0, 0.05) is 24.8 Å². The number of amides is 2. The second kappa shape index (κ2) is 13.3. The summed E-state index contributed by atoms with van der Waals surface area (Å²) < 4.78 is 0. The van der Waals surface area contributed by atoms with E-state index in [1.54, 1.807) is 16.7 Å². The van der Waals surface area contributed by atoms with Gasteiger partial charge in [-0.3, -0.25) is 9.59 Å².